The normalized spacial score (nSPS) is 20.7. The maximum atomic E-state index is 9.61. The van der Waals surface area contributed by atoms with Gasteiger partial charge in [-0.3, -0.25) is 4.90 Å². The Balaban J connectivity index is 2.00. The van der Waals surface area contributed by atoms with Crippen LogP contribution in [0.3, 0.4) is 0 Å². The summed E-state index contributed by atoms with van der Waals surface area (Å²) in [6.07, 6.45) is 0.938. The molecule has 0 aliphatic carbocycles. The minimum Gasteiger partial charge on any atom is -0.302 e. The molecule has 0 bridgehead atoms. The second-order valence-electron chi connectivity index (χ2n) is 1.47. The van der Waals surface area contributed by atoms with Crippen LogP contribution in [0.4, 0.5) is 0 Å². The van der Waals surface area contributed by atoms with Gasteiger partial charge in [0.2, 0.25) is 0 Å². The van der Waals surface area contributed by atoms with Crippen molar-refractivity contribution in [1.82, 2.24) is 4.90 Å². The Kier molecular flexibility index (Phi) is 0.881. The number of rotatable bonds is 2. The molecular weight excluding hydrogens is 78.0 g/mol. The second kappa shape index (κ2) is 1.39. The van der Waals surface area contributed by atoms with E-state index in [0.717, 1.165) is 19.4 Å². The van der Waals surface area contributed by atoms with E-state index >= 15 is 0 Å². The summed E-state index contributed by atoms with van der Waals surface area (Å²) in [4.78, 5) is 11.7. The maximum Gasteiger partial charge on any atom is 0.133 e. The van der Waals surface area contributed by atoms with Gasteiger partial charge in [-0.1, -0.05) is 0 Å². The molecule has 0 unspecified atom stereocenters. The lowest BCUT2D eigenvalue weighted by atomic mass is 10.7. The van der Waals surface area contributed by atoms with E-state index in [9.17, 15) is 4.79 Å². The first kappa shape index (κ1) is 3.81. The molecule has 0 spiro atoms. The molecule has 0 aromatic carbocycles. The largest absolute Gasteiger partial charge is 0.302 e. The van der Waals surface area contributed by atoms with Gasteiger partial charge in [-0.25, -0.2) is 0 Å². The molecule has 1 saturated heterocycles. The number of hydrogen-bond donors (Lipinski definition) is 0. The van der Waals surface area contributed by atoms with Crippen molar-refractivity contribution < 1.29 is 4.79 Å². The van der Waals surface area contributed by atoms with E-state index in [0.29, 0.717) is 6.54 Å². The fourth-order valence-electron chi connectivity index (χ4n) is 0.359. The van der Waals surface area contributed by atoms with Gasteiger partial charge in [0.05, 0.1) is 6.54 Å². The van der Waals surface area contributed by atoms with E-state index in [1.165, 1.54) is 0 Å². The minimum atomic E-state index is 0.639. The van der Waals surface area contributed by atoms with E-state index in [1.54, 1.807) is 0 Å². The number of nitrogens with zero attached hydrogens (tertiary/aromatic N) is 1. The predicted octanol–water partition coefficient (Wildman–Crippen LogP) is -0.499. The van der Waals surface area contributed by atoms with Crippen molar-refractivity contribution in [3.8, 4) is 0 Å². The lowest BCUT2D eigenvalue weighted by molar-refractivity contribution is -0.107. The van der Waals surface area contributed by atoms with Gasteiger partial charge >= 0.3 is 0 Å². The molecule has 1 aliphatic heterocycles. The summed E-state index contributed by atoms with van der Waals surface area (Å²) >= 11 is 0. The highest BCUT2D eigenvalue weighted by Gasteiger charge is 2.14. The summed E-state index contributed by atoms with van der Waals surface area (Å²) in [5, 5.41) is 0. The molecule has 0 aromatic heterocycles. The van der Waals surface area contributed by atoms with Gasteiger partial charge in [-0.15, -0.1) is 0 Å². The van der Waals surface area contributed by atoms with Crippen molar-refractivity contribution in [3.63, 3.8) is 0 Å². The Bertz CT molecular complexity index is 58.6. The summed E-state index contributed by atoms with van der Waals surface area (Å²) in [5.41, 5.74) is 0. The van der Waals surface area contributed by atoms with Crippen molar-refractivity contribution in [2.24, 2.45) is 0 Å². The first-order chi connectivity index (χ1) is 2.93. The molecule has 2 nitrogen and oxygen atoms in total. The number of hydrogen-bond acceptors (Lipinski definition) is 2. The van der Waals surface area contributed by atoms with E-state index in [2.05, 4.69) is 4.90 Å². The van der Waals surface area contributed by atoms with Crippen LogP contribution < -0.4 is 0 Å². The third-order valence-corrected chi connectivity index (χ3v) is 0.873. The molecule has 34 valence electrons. The van der Waals surface area contributed by atoms with E-state index in [-0.39, 0.29) is 0 Å². The van der Waals surface area contributed by atoms with Gasteiger partial charge in [0.1, 0.15) is 6.29 Å². The highest BCUT2D eigenvalue weighted by atomic mass is 16.1. The van der Waals surface area contributed by atoms with E-state index < -0.39 is 0 Å². The molecule has 0 amide bonds. The molecule has 0 atom stereocenters. The van der Waals surface area contributed by atoms with Crippen molar-refractivity contribution in [3.05, 3.63) is 0 Å². The fourth-order valence-corrected chi connectivity index (χ4v) is 0.359. The summed E-state index contributed by atoms with van der Waals surface area (Å²) in [6, 6.07) is 0. The highest BCUT2D eigenvalue weighted by Crippen LogP contribution is 1.98. The standard InChI is InChI=1S/C4H7NO/c6-4-3-5-1-2-5/h4H,1-3H2. The Morgan fingerprint density at radius 3 is 2.50 bits per heavy atom. The predicted molar refractivity (Wildman–Crippen MR) is 22.5 cm³/mol. The molecule has 1 heterocycles. The van der Waals surface area contributed by atoms with E-state index in [1.807, 2.05) is 0 Å². The molecular formula is C4H7NO. The second-order valence-corrected chi connectivity index (χ2v) is 1.47. The van der Waals surface area contributed by atoms with Crippen LogP contribution in [-0.2, 0) is 4.79 Å². The smallest absolute Gasteiger partial charge is 0.133 e. The molecule has 2 heteroatoms. The van der Waals surface area contributed by atoms with Gasteiger partial charge in [-0.05, 0) is 0 Å². The fraction of sp³-hybridized carbons (Fsp3) is 0.750. The van der Waals surface area contributed by atoms with Crippen LogP contribution in [0, 0.1) is 0 Å². The van der Waals surface area contributed by atoms with Gasteiger partial charge in [-0.2, -0.15) is 0 Å². The van der Waals surface area contributed by atoms with Gasteiger partial charge in [0, 0.05) is 13.1 Å². The van der Waals surface area contributed by atoms with Gasteiger partial charge in [0.15, 0.2) is 0 Å². The molecule has 0 radical (unpaired) electrons. The van der Waals surface area contributed by atoms with Crippen LogP contribution >= 0.6 is 0 Å². The number of aldehydes is 1. The molecule has 1 fully saturated rings. The van der Waals surface area contributed by atoms with Crippen molar-refractivity contribution in [1.29, 1.82) is 0 Å². The zero-order valence-corrected chi connectivity index (χ0v) is 3.55. The maximum absolute atomic E-state index is 9.61. The first-order valence-electron chi connectivity index (χ1n) is 2.09. The van der Waals surface area contributed by atoms with Crippen molar-refractivity contribution >= 4 is 6.29 Å². The lowest BCUT2D eigenvalue weighted by Crippen LogP contribution is -1.97. The van der Waals surface area contributed by atoms with Crippen molar-refractivity contribution in [2.45, 2.75) is 0 Å². The summed E-state index contributed by atoms with van der Waals surface area (Å²) in [6.45, 7) is 2.89. The lowest BCUT2D eigenvalue weighted by Gasteiger charge is -1.81. The SMILES string of the molecule is O=CCN1CC1. The van der Waals surface area contributed by atoms with Crippen LogP contribution in [0.1, 0.15) is 0 Å². The Hall–Kier alpha value is -0.370. The van der Waals surface area contributed by atoms with Crippen LogP contribution in [0.2, 0.25) is 0 Å². The van der Waals surface area contributed by atoms with Gasteiger partial charge in [0.25, 0.3) is 0 Å². The average Bonchev–Trinajstić information content (AvgIpc) is 2.21. The zero-order valence-electron chi connectivity index (χ0n) is 3.55. The molecule has 1 aliphatic rings. The summed E-state index contributed by atoms with van der Waals surface area (Å²) in [7, 11) is 0. The number of carbonyl (C=O) groups excluding carboxylic acids is 1. The van der Waals surface area contributed by atoms with Crippen LogP contribution in [0.25, 0.3) is 0 Å². The monoisotopic (exact) mass is 85.1 g/mol. The topological polar surface area (TPSA) is 20.1 Å². The van der Waals surface area contributed by atoms with Crippen molar-refractivity contribution in [2.75, 3.05) is 19.6 Å². The third kappa shape index (κ3) is 0.792. The van der Waals surface area contributed by atoms with Gasteiger partial charge < -0.3 is 4.79 Å². The van der Waals surface area contributed by atoms with Crippen LogP contribution in [0.15, 0.2) is 0 Å². The van der Waals surface area contributed by atoms with E-state index in [4.69, 9.17) is 0 Å². The molecule has 1 rings (SSSR count). The number of carbonyl (C=O) groups is 1. The summed E-state index contributed by atoms with van der Waals surface area (Å²) in [5.74, 6) is 0. The molecule has 0 aromatic rings. The average molecular weight is 85.1 g/mol. The highest BCUT2D eigenvalue weighted by molar-refractivity contribution is 5.52. The summed E-state index contributed by atoms with van der Waals surface area (Å²) < 4.78 is 0. The zero-order chi connectivity index (χ0) is 4.41. The first-order valence-corrected chi connectivity index (χ1v) is 2.09. The van der Waals surface area contributed by atoms with Crippen LogP contribution in [-0.4, -0.2) is 30.8 Å². The quantitative estimate of drug-likeness (QED) is 0.333. The molecule has 0 N–H and O–H groups in total. The van der Waals surface area contributed by atoms with Crippen LogP contribution in [0.5, 0.6) is 0 Å². The minimum absolute atomic E-state index is 0.639. The molecule has 6 heavy (non-hydrogen) atoms. The Morgan fingerprint density at radius 1 is 1.67 bits per heavy atom. The third-order valence-electron chi connectivity index (χ3n) is 0.873. The Labute approximate surface area is 36.7 Å². The Morgan fingerprint density at radius 2 is 2.33 bits per heavy atom. The molecule has 0 saturated carbocycles.